The van der Waals surface area contributed by atoms with Gasteiger partial charge in [0.2, 0.25) is 0 Å². The summed E-state index contributed by atoms with van der Waals surface area (Å²) in [5.41, 5.74) is -3.90. The van der Waals surface area contributed by atoms with E-state index in [1.165, 1.54) is 23.9 Å². The monoisotopic (exact) mass is 597 g/mol. The third-order valence-corrected chi connectivity index (χ3v) is 5.67. The van der Waals surface area contributed by atoms with Crippen molar-refractivity contribution >= 4 is 23.0 Å². The van der Waals surface area contributed by atoms with E-state index in [2.05, 4.69) is 4.99 Å². The van der Waals surface area contributed by atoms with Crippen molar-refractivity contribution in [3.05, 3.63) is 98.3 Å². The van der Waals surface area contributed by atoms with Crippen LogP contribution in [0.1, 0.15) is 23.6 Å². The van der Waals surface area contributed by atoms with E-state index >= 15 is 0 Å². The minimum Gasteiger partial charge on any atom is -0.451 e. The average Bonchev–Trinajstić information content (AvgIpc) is 3.40. The second kappa shape index (κ2) is 11.8. The molecule has 0 aliphatic carbocycles. The topological polar surface area (TPSA) is 120 Å². The summed E-state index contributed by atoms with van der Waals surface area (Å²) in [6.07, 6.45) is -8.00. The van der Waals surface area contributed by atoms with Crippen molar-refractivity contribution in [1.82, 2.24) is 14.2 Å². The maximum atomic E-state index is 14.0. The Hall–Kier alpha value is -5.02. The number of nitrogens with one attached hydrogen (secondary N) is 2. The molecule has 0 atom stereocenters. The predicted molar refractivity (Wildman–Crippen MR) is 138 cm³/mol. The van der Waals surface area contributed by atoms with Crippen LogP contribution in [-0.2, 0) is 33.6 Å². The molecule has 2 N–H and O–H groups in total. The number of H-pyrrole nitrogens is 1. The van der Waals surface area contributed by atoms with E-state index in [0.29, 0.717) is 17.7 Å². The van der Waals surface area contributed by atoms with Gasteiger partial charge in [-0.05, 0) is 36.2 Å². The Kier molecular flexibility index (Phi) is 8.44. The number of hydrogen-bond acceptors (Lipinski definition) is 6. The molecule has 0 saturated heterocycles. The molecule has 2 aromatic heterocycles. The summed E-state index contributed by atoms with van der Waals surface area (Å²) in [5, 5.41) is 0. The lowest BCUT2D eigenvalue weighted by Gasteiger charge is -2.18. The second-order valence-corrected chi connectivity index (χ2v) is 8.63. The van der Waals surface area contributed by atoms with Gasteiger partial charge < -0.3 is 19.0 Å². The van der Waals surface area contributed by atoms with Gasteiger partial charge in [0.1, 0.15) is 6.61 Å². The van der Waals surface area contributed by atoms with E-state index in [-0.39, 0.29) is 30.5 Å². The standard InChI is InChI=1S/C26H21F6N5O5/c1-2-41-24(42-14-15-6-4-3-5-7-15)33-12-16-8-9-36(13-16)19-11-20-18(10-17(19)25(27,28)29)34-21(38)22(39)37(20)35-23(40)26(30,31)32/h3-11,13H,2,12,14H2,1H3,(H,34,38)(H,35,40). The van der Waals surface area contributed by atoms with Crippen molar-refractivity contribution in [2.75, 3.05) is 12.0 Å². The normalized spacial score (nSPS) is 12.4. The predicted octanol–water partition coefficient (Wildman–Crippen LogP) is 4.24. The third-order valence-electron chi connectivity index (χ3n) is 5.67. The maximum Gasteiger partial charge on any atom is 0.472 e. The van der Waals surface area contributed by atoms with E-state index < -0.39 is 51.7 Å². The molecule has 16 heteroatoms. The molecular weight excluding hydrogens is 576 g/mol. The van der Waals surface area contributed by atoms with Crippen molar-refractivity contribution in [1.29, 1.82) is 0 Å². The van der Waals surface area contributed by atoms with Gasteiger partial charge in [0.15, 0.2) is 0 Å². The first-order valence-electron chi connectivity index (χ1n) is 12.1. The lowest BCUT2D eigenvalue weighted by atomic mass is 10.1. The van der Waals surface area contributed by atoms with Crippen LogP contribution >= 0.6 is 0 Å². The Bertz CT molecular complexity index is 1740. The van der Waals surface area contributed by atoms with E-state index in [1.54, 1.807) is 6.92 Å². The van der Waals surface area contributed by atoms with Crippen LogP contribution in [0.15, 0.2) is 75.5 Å². The highest BCUT2D eigenvalue weighted by Crippen LogP contribution is 2.36. The Labute approximate surface area is 231 Å². The van der Waals surface area contributed by atoms with E-state index in [9.17, 15) is 40.7 Å². The molecule has 0 radical (unpaired) electrons. The molecule has 0 unspecified atom stereocenters. The number of carbonyl (C=O) groups excluding carboxylic acids is 1. The fourth-order valence-electron chi connectivity index (χ4n) is 3.78. The molecule has 0 aliphatic rings. The van der Waals surface area contributed by atoms with Crippen molar-refractivity contribution in [3.63, 3.8) is 0 Å². The molecule has 0 saturated carbocycles. The highest BCUT2D eigenvalue weighted by atomic mass is 19.4. The molecule has 42 heavy (non-hydrogen) atoms. The SMILES string of the molecule is CCOC(=NCc1ccn(-c2cc3c(cc2C(F)(F)F)[nH]c(=O)c(=O)n3NC(=O)C(F)(F)F)c1)OCc1ccccc1. The summed E-state index contributed by atoms with van der Waals surface area (Å²) in [6, 6.07) is 11.7. The van der Waals surface area contributed by atoms with E-state index in [1.807, 2.05) is 35.3 Å². The first kappa shape index (κ1) is 30.0. The Balaban J connectivity index is 1.72. The number of amides is 1. The minimum absolute atomic E-state index is 0.0517. The molecule has 1 amide bonds. The number of halogens is 6. The summed E-state index contributed by atoms with van der Waals surface area (Å²) in [7, 11) is 0. The molecule has 2 aromatic carbocycles. The van der Waals surface area contributed by atoms with Crippen molar-refractivity contribution in [3.8, 4) is 5.69 Å². The first-order valence-corrected chi connectivity index (χ1v) is 12.1. The number of hydrogen-bond donors (Lipinski definition) is 2. The lowest BCUT2D eigenvalue weighted by molar-refractivity contribution is -0.168. The summed E-state index contributed by atoms with van der Waals surface area (Å²) in [6.45, 7) is 2.02. The van der Waals surface area contributed by atoms with Crippen LogP contribution in [-0.4, -0.2) is 39.0 Å². The minimum atomic E-state index is -5.45. The van der Waals surface area contributed by atoms with Crippen LogP contribution in [0, 0.1) is 0 Å². The van der Waals surface area contributed by atoms with Gasteiger partial charge in [-0.3, -0.25) is 19.8 Å². The molecule has 10 nitrogen and oxygen atoms in total. The van der Waals surface area contributed by atoms with Gasteiger partial charge in [-0.15, -0.1) is 0 Å². The zero-order valence-corrected chi connectivity index (χ0v) is 21.5. The summed E-state index contributed by atoms with van der Waals surface area (Å²) < 4.78 is 92.6. The number of nitrogens with zero attached hydrogens (tertiary/aromatic N) is 3. The van der Waals surface area contributed by atoms with E-state index in [0.717, 1.165) is 10.1 Å². The smallest absolute Gasteiger partial charge is 0.451 e. The number of rotatable bonds is 7. The van der Waals surface area contributed by atoms with Gasteiger partial charge in [0, 0.05) is 12.4 Å². The fraction of sp³-hybridized carbons (Fsp3) is 0.231. The molecule has 222 valence electrons. The molecule has 2 heterocycles. The molecular formula is C26H21F6N5O5. The number of ether oxygens (including phenoxy) is 2. The second-order valence-electron chi connectivity index (χ2n) is 8.63. The molecule has 0 fully saturated rings. The fourth-order valence-corrected chi connectivity index (χ4v) is 3.78. The molecule has 0 spiro atoms. The number of alkyl halides is 6. The Morgan fingerprint density at radius 2 is 1.71 bits per heavy atom. The molecule has 4 rings (SSSR count). The van der Waals surface area contributed by atoms with Gasteiger partial charge in [-0.1, -0.05) is 30.3 Å². The lowest BCUT2D eigenvalue weighted by Crippen LogP contribution is -2.46. The van der Waals surface area contributed by atoms with Crippen LogP contribution < -0.4 is 16.5 Å². The number of fused-ring (bicyclic) bond motifs is 1. The zero-order chi connectivity index (χ0) is 30.7. The van der Waals surface area contributed by atoms with Crippen LogP contribution in [0.2, 0.25) is 0 Å². The number of benzene rings is 2. The molecule has 4 aromatic rings. The highest BCUT2D eigenvalue weighted by molar-refractivity contribution is 5.90. The van der Waals surface area contributed by atoms with Crippen molar-refractivity contribution in [2.45, 2.75) is 32.4 Å². The summed E-state index contributed by atoms with van der Waals surface area (Å²) >= 11 is 0. The molecule has 0 aliphatic heterocycles. The van der Waals surface area contributed by atoms with Crippen LogP contribution in [0.3, 0.4) is 0 Å². The quantitative estimate of drug-likeness (QED) is 0.143. The van der Waals surface area contributed by atoms with Gasteiger partial charge >= 0.3 is 35.5 Å². The van der Waals surface area contributed by atoms with Gasteiger partial charge in [0.05, 0.1) is 35.4 Å². The average molecular weight is 597 g/mol. The zero-order valence-electron chi connectivity index (χ0n) is 21.5. The van der Waals surface area contributed by atoms with Crippen molar-refractivity contribution in [2.24, 2.45) is 4.99 Å². The first-order chi connectivity index (χ1) is 19.8. The highest BCUT2D eigenvalue weighted by Gasteiger charge is 2.40. The van der Waals surface area contributed by atoms with Crippen molar-refractivity contribution < 1.29 is 40.6 Å². The van der Waals surface area contributed by atoms with Gasteiger partial charge in [-0.2, -0.15) is 26.3 Å². The van der Waals surface area contributed by atoms with Crippen LogP contribution in [0.4, 0.5) is 26.3 Å². The van der Waals surface area contributed by atoms with Gasteiger partial charge in [-0.25, -0.2) is 9.67 Å². The summed E-state index contributed by atoms with van der Waals surface area (Å²) in [4.78, 5) is 41.9. The third kappa shape index (κ3) is 6.82. The summed E-state index contributed by atoms with van der Waals surface area (Å²) in [5.74, 6) is -2.61. The Morgan fingerprint density at radius 1 is 1.00 bits per heavy atom. The van der Waals surface area contributed by atoms with Crippen LogP contribution in [0.25, 0.3) is 16.7 Å². The molecule has 0 bridgehead atoms. The largest absolute Gasteiger partial charge is 0.472 e. The number of aliphatic imine (C=N–C) groups is 1. The maximum absolute atomic E-state index is 14.0. The Morgan fingerprint density at radius 3 is 2.36 bits per heavy atom. The number of aromatic nitrogens is 3. The number of carbonyl (C=O) groups is 1. The van der Waals surface area contributed by atoms with Crippen LogP contribution in [0.5, 0.6) is 0 Å². The van der Waals surface area contributed by atoms with E-state index in [4.69, 9.17) is 9.47 Å². The van der Waals surface area contributed by atoms with Gasteiger partial charge in [0.25, 0.3) is 0 Å². The number of aromatic amines is 1.